The number of urea groups is 1. The van der Waals surface area contributed by atoms with Gasteiger partial charge in [0.1, 0.15) is 0 Å². The number of amides is 2. The summed E-state index contributed by atoms with van der Waals surface area (Å²) in [6.45, 7) is 6.83. The zero-order chi connectivity index (χ0) is 15.0. The van der Waals surface area contributed by atoms with Crippen LogP contribution in [0.3, 0.4) is 0 Å². The summed E-state index contributed by atoms with van der Waals surface area (Å²) in [5.41, 5.74) is 0. The lowest BCUT2D eigenvalue weighted by atomic mass is 10.00. The zero-order valence-electron chi connectivity index (χ0n) is 12.5. The summed E-state index contributed by atoms with van der Waals surface area (Å²) in [4.78, 5) is 26.9. The largest absolute Gasteiger partial charge is 0.481 e. The van der Waals surface area contributed by atoms with Gasteiger partial charge in [0.2, 0.25) is 0 Å². The molecular formula is C14H26N2O4. The second kappa shape index (κ2) is 8.79. The number of aliphatic carboxylic acids is 1. The lowest BCUT2D eigenvalue weighted by Crippen LogP contribution is -2.51. The molecule has 6 nitrogen and oxygen atoms in total. The second-order valence-electron chi connectivity index (χ2n) is 5.00. The molecule has 1 N–H and O–H groups in total. The van der Waals surface area contributed by atoms with Crippen LogP contribution in [0.4, 0.5) is 4.79 Å². The fraction of sp³-hybridized carbons (Fsp3) is 0.857. The maximum Gasteiger partial charge on any atom is 0.320 e. The molecule has 1 fully saturated rings. The number of piperidine rings is 1. The van der Waals surface area contributed by atoms with Crippen molar-refractivity contribution in [3.63, 3.8) is 0 Å². The first-order valence-corrected chi connectivity index (χ1v) is 7.45. The van der Waals surface area contributed by atoms with Crippen LogP contribution in [0.5, 0.6) is 0 Å². The lowest BCUT2D eigenvalue weighted by Gasteiger charge is -2.38. The summed E-state index contributed by atoms with van der Waals surface area (Å²) in [7, 11) is 0. The molecule has 116 valence electrons. The third-order valence-corrected chi connectivity index (χ3v) is 3.64. The Morgan fingerprint density at radius 1 is 1.35 bits per heavy atom. The van der Waals surface area contributed by atoms with Crippen molar-refractivity contribution in [2.24, 2.45) is 0 Å². The van der Waals surface area contributed by atoms with Gasteiger partial charge < -0.3 is 19.6 Å². The zero-order valence-corrected chi connectivity index (χ0v) is 12.5. The molecule has 1 atom stereocenters. The SMILES string of the molecule is CCOCCN(CC)C(=O)N1CCCCC1CC(=O)O. The van der Waals surface area contributed by atoms with Gasteiger partial charge in [0.05, 0.1) is 13.0 Å². The van der Waals surface area contributed by atoms with Gasteiger partial charge in [0.25, 0.3) is 0 Å². The minimum Gasteiger partial charge on any atom is -0.481 e. The van der Waals surface area contributed by atoms with E-state index in [1.165, 1.54) is 0 Å². The summed E-state index contributed by atoms with van der Waals surface area (Å²) in [6.07, 6.45) is 2.76. The first-order chi connectivity index (χ1) is 9.60. The van der Waals surface area contributed by atoms with Gasteiger partial charge in [0, 0.05) is 32.3 Å². The number of carboxylic acid groups (broad SMARTS) is 1. The predicted octanol–water partition coefficient (Wildman–Crippen LogP) is 1.79. The number of hydrogen-bond acceptors (Lipinski definition) is 3. The molecule has 2 amide bonds. The summed E-state index contributed by atoms with van der Waals surface area (Å²) >= 11 is 0. The first kappa shape index (κ1) is 16.8. The van der Waals surface area contributed by atoms with Crippen molar-refractivity contribution in [2.45, 2.75) is 45.6 Å². The highest BCUT2D eigenvalue weighted by atomic mass is 16.5. The van der Waals surface area contributed by atoms with Crippen LogP contribution in [-0.2, 0) is 9.53 Å². The highest BCUT2D eigenvalue weighted by Crippen LogP contribution is 2.21. The van der Waals surface area contributed by atoms with Gasteiger partial charge in [-0.05, 0) is 33.1 Å². The van der Waals surface area contributed by atoms with Gasteiger partial charge in [-0.3, -0.25) is 4.79 Å². The Kier molecular flexibility index (Phi) is 7.36. The third kappa shape index (κ3) is 5.00. The molecule has 0 aromatic rings. The molecule has 1 aliphatic rings. The van der Waals surface area contributed by atoms with E-state index in [1.807, 2.05) is 13.8 Å². The number of carbonyl (C=O) groups is 2. The lowest BCUT2D eigenvalue weighted by molar-refractivity contribution is -0.138. The Balaban J connectivity index is 2.61. The fourth-order valence-corrected chi connectivity index (χ4v) is 2.56. The Hall–Kier alpha value is -1.30. The monoisotopic (exact) mass is 286 g/mol. The smallest absolute Gasteiger partial charge is 0.320 e. The van der Waals surface area contributed by atoms with E-state index in [0.717, 1.165) is 19.3 Å². The van der Waals surface area contributed by atoms with Gasteiger partial charge >= 0.3 is 12.0 Å². The topological polar surface area (TPSA) is 70.1 Å². The third-order valence-electron chi connectivity index (χ3n) is 3.64. The maximum absolute atomic E-state index is 12.5. The number of carboxylic acids is 1. The molecule has 1 rings (SSSR count). The molecule has 0 aromatic carbocycles. The molecule has 1 heterocycles. The van der Waals surface area contributed by atoms with Crippen molar-refractivity contribution in [1.29, 1.82) is 0 Å². The van der Waals surface area contributed by atoms with Crippen LogP contribution in [0.2, 0.25) is 0 Å². The van der Waals surface area contributed by atoms with E-state index in [4.69, 9.17) is 9.84 Å². The van der Waals surface area contributed by atoms with E-state index in [2.05, 4.69) is 0 Å². The molecule has 1 aliphatic heterocycles. The number of likely N-dealkylation sites (N-methyl/N-ethyl adjacent to an activating group) is 1. The van der Waals surface area contributed by atoms with Crippen LogP contribution < -0.4 is 0 Å². The van der Waals surface area contributed by atoms with Gasteiger partial charge in [-0.2, -0.15) is 0 Å². The van der Waals surface area contributed by atoms with Crippen molar-refractivity contribution >= 4 is 12.0 Å². The second-order valence-corrected chi connectivity index (χ2v) is 5.00. The van der Waals surface area contributed by atoms with E-state index in [1.54, 1.807) is 9.80 Å². The Morgan fingerprint density at radius 2 is 2.10 bits per heavy atom. The van der Waals surface area contributed by atoms with E-state index < -0.39 is 5.97 Å². The summed E-state index contributed by atoms with van der Waals surface area (Å²) in [5.74, 6) is -0.841. The number of nitrogens with zero attached hydrogens (tertiary/aromatic N) is 2. The highest BCUT2D eigenvalue weighted by Gasteiger charge is 2.30. The van der Waals surface area contributed by atoms with Gasteiger partial charge in [0.15, 0.2) is 0 Å². The van der Waals surface area contributed by atoms with E-state index in [0.29, 0.717) is 32.8 Å². The van der Waals surface area contributed by atoms with Gasteiger partial charge in [-0.15, -0.1) is 0 Å². The summed E-state index contributed by atoms with van der Waals surface area (Å²) < 4.78 is 5.29. The molecule has 0 radical (unpaired) electrons. The number of hydrogen-bond donors (Lipinski definition) is 1. The molecule has 0 aliphatic carbocycles. The van der Waals surface area contributed by atoms with Crippen LogP contribution >= 0.6 is 0 Å². The standard InChI is InChI=1S/C14H26N2O4/c1-3-15(9-10-20-4-2)14(19)16-8-6-5-7-12(16)11-13(17)18/h12H,3-11H2,1-2H3,(H,17,18). The molecule has 0 spiro atoms. The van der Waals surface area contributed by atoms with E-state index >= 15 is 0 Å². The van der Waals surface area contributed by atoms with Gasteiger partial charge in [-0.1, -0.05) is 0 Å². The quantitative estimate of drug-likeness (QED) is 0.724. The number of ether oxygens (including phenoxy) is 1. The fourth-order valence-electron chi connectivity index (χ4n) is 2.56. The van der Waals surface area contributed by atoms with E-state index in [-0.39, 0.29) is 18.5 Å². The highest BCUT2D eigenvalue weighted by molar-refractivity contribution is 5.76. The maximum atomic E-state index is 12.5. The Bertz CT molecular complexity index is 322. The summed E-state index contributed by atoms with van der Waals surface area (Å²) in [5, 5.41) is 8.96. The summed E-state index contributed by atoms with van der Waals surface area (Å²) in [6, 6.07) is -0.229. The van der Waals surface area contributed by atoms with Crippen LogP contribution in [-0.4, -0.2) is 65.8 Å². The van der Waals surface area contributed by atoms with Crippen LogP contribution in [0.1, 0.15) is 39.5 Å². The molecule has 20 heavy (non-hydrogen) atoms. The first-order valence-electron chi connectivity index (χ1n) is 7.45. The molecule has 0 saturated carbocycles. The number of likely N-dealkylation sites (tertiary alicyclic amines) is 1. The van der Waals surface area contributed by atoms with Crippen LogP contribution in [0.15, 0.2) is 0 Å². The number of carbonyl (C=O) groups excluding carboxylic acids is 1. The van der Waals surface area contributed by atoms with Crippen LogP contribution in [0.25, 0.3) is 0 Å². The van der Waals surface area contributed by atoms with E-state index in [9.17, 15) is 9.59 Å². The Labute approximate surface area is 120 Å². The van der Waals surface area contributed by atoms with Crippen molar-refractivity contribution in [3.05, 3.63) is 0 Å². The van der Waals surface area contributed by atoms with Gasteiger partial charge in [-0.25, -0.2) is 4.79 Å². The molecule has 6 heteroatoms. The van der Waals surface area contributed by atoms with Crippen molar-refractivity contribution in [2.75, 3.05) is 32.8 Å². The predicted molar refractivity (Wildman–Crippen MR) is 75.7 cm³/mol. The molecule has 0 aromatic heterocycles. The number of rotatable bonds is 7. The minimum absolute atomic E-state index is 0.0365. The molecule has 1 unspecified atom stereocenters. The average molecular weight is 286 g/mol. The Morgan fingerprint density at radius 3 is 2.70 bits per heavy atom. The van der Waals surface area contributed by atoms with Crippen molar-refractivity contribution < 1.29 is 19.4 Å². The van der Waals surface area contributed by atoms with Crippen molar-refractivity contribution in [3.8, 4) is 0 Å². The molecule has 0 bridgehead atoms. The average Bonchev–Trinajstić information content (AvgIpc) is 2.43. The normalized spacial score (nSPS) is 18.9. The minimum atomic E-state index is -0.841. The molecular weight excluding hydrogens is 260 g/mol. The van der Waals surface area contributed by atoms with Crippen LogP contribution in [0, 0.1) is 0 Å². The van der Waals surface area contributed by atoms with Crippen molar-refractivity contribution in [1.82, 2.24) is 9.80 Å². The molecule has 1 saturated heterocycles.